The minimum Gasteiger partial charge on any atom is -0.387 e. The second-order valence-corrected chi connectivity index (χ2v) is 5.48. The van der Waals surface area contributed by atoms with E-state index in [2.05, 4.69) is 34.7 Å². The Labute approximate surface area is 116 Å². The number of aliphatic hydroxyl groups is 1. The summed E-state index contributed by atoms with van der Waals surface area (Å²) in [6.07, 6.45) is 2.16. The van der Waals surface area contributed by atoms with Gasteiger partial charge in [0.25, 0.3) is 0 Å². The number of anilines is 1. The molecule has 0 spiro atoms. The second kappa shape index (κ2) is 6.35. The molecule has 1 N–H and O–H groups in total. The smallest absolute Gasteiger partial charge is 0.0957 e. The predicted octanol–water partition coefficient (Wildman–Crippen LogP) is 2.06. The van der Waals surface area contributed by atoms with Crippen LogP contribution in [-0.2, 0) is 0 Å². The van der Waals surface area contributed by atoms with Crippen molar-refractivity contribution in [3.63, 3.8) is 0 Å². The summed E-state index contributed by atoms with van der Waals surface area (Å²) >= 11 is 0. The molecule has 19 heavy (non-hydrogen) atoms. The highest BCUT2D eigenvalue weighted by Crippen LogP contribution is 2.19. The van der Waals surface area contributed by atoms with Crippen molar-refractivity contribution in [1.29, 1.82) is 0 Å². The molecule has 0 amide bonds. The summed E-state index contributed by atoms with van der Waals surface area (Å²) in [5.41, 5.74) is 1.93. The van der Waals surface area contributed by atoms with Crippen molar-refractivity contribution in [3.8, 4) is 0 Å². The van der Waals surface area contributed by atoms with Gasteiger partial charge in [0.05, 0.1) is 23.7 Å². The lowest BCUT2D eigenvalue weighted by molar-refractivity contribution is 0.169. The molecule has 0 bridgehead atoms. The summed E-state index contributed by atoms with van der Waals surface area (Å²) in [7, 11) is 0. The molecule has 1 atom stereocenters. The number of hydrogen-bond donors (Lipinski definition) is 1. The highest BCUT2D eigenvalue weighted by atomic mass is 16.3. The Hall–Kier alpha value is -1.13. The molecule has 4 heteroatoms. The third-order valence-electron chi connectivity index (χ3n) is 3.91. The molecule has 1 fully saturated rings. The van der Waals surface area contributed by atoms with Crippen LogP contribution in [0.15, 0.2) is 18.3 Å². The van der Waals surface area contributed by atoms with Crippen LogP contribution in [0.1, 0.15) is 39.0 Å². The SMILES string of the molecule is CC[C@@H](O)c1ccc(N2CCN(C(C)C)CC2)cn1. The molecule has 1 aliphatic rings. The van der Waals surface area contributed by atoms with Gasteiger partial charge in [-0.3, -0.25) is 9.88 Å². The predicted molar refractivity (Wildman–Crippen MR) is 78.4 cm³/mol. The second-order valence-electron chi connectivity index (χ2n) is 5.48. The molecule has 0 radical (unpaired) electrons. The van der Waals surface area contributed by atoms with E-state index in [1.165, 1.54) is 0 Å². The van der Waals surface area contributed by atoms with Crippen molar-refractivity contribution in [1.82, 2.24) is 9.88 Å². The van der Waals surface area contributed by atoms with Gasteiger partial charge in [-0.15, -0.1) is 0 Å². The molecule has 106 valence electrons. The van der Waals surface area contributed by atoms with Crippen molar-refractivity contribution < 1.29 is 5.11 Å². The van der Waals surface area contributed by atoms with Gasteiger partial charge in [0.15, 0.2) is 0 Å². The third-order valence-corrected chi connectivity index (χ3v) is 3.91. The van der Waals surface area contributed by atoms with Crippen LogP contribution in [0.5, 0.6) is 0 Å². The number of piperazine rings is 1. The van der Waals surface area contributed by atoms with E-state index < -0.39 is 6.10 Å². The van der Waals surface area contributed by atoms with Crippen LogP contribution < -0.4 is 4.90 Å². The molecule has 2 rings (SSSR count). The lowest BCUT2D eigenvalue weighted by Crippen LogP contribution is -2.48. The van der Waals surface area contributed by atoms with Gasteiger partial charge in [-0.25, -0.2) is 0 Å². The molecule has 0 aliphatic carbocycles. The van der Waals surface area contributed by atoms with Gasteiger partial charge < -0.3 is 10.0 Å². The van der Waals surface area contributed by atoms with Crippen molar-refractivity contribution >= 4 is 5.69 Å². The van der Waals surface area contributed by atoms with Gasteiger partial charge in [0.2, 0.25) is 0 Å². The molecule has 1 aromatic heterocycles. The van der Waals surface area contributed by atoms with Crippen LogP contribution in [0, 0.1) is 0 Å². The largest absolute Gasteiger partial charge is 0.387 e. The fourth-order valence-corrected chi connectivity index (χ4v) is 2.49. The first-order valence-electron chi connectivity index (χ1n) is 7.24. The standard InChI is InChI=1S/C15H25N3O/c1-4-15(19)14-6-5-13(11-16-14)18-9-7-17(8-10-18)12(2)3/h5-6,11-12,15,19H,4,7-10H2,1-3H3/t15-/m1/s1. The van der Waals surface area contributed by atoms with E-state index in [9.17, 15) is 5.11 Å². The van der Waals surface area contributed by atoms with Gasteiger partial charge in [0.1, 0.15) is 0 Å². The molecule has 0 unspecified atom stereocenters. The minimum absolute atomic E-state index is 0.438. The maximum absolute atomic E-state index is 9.74. The van der Waals surface area contributed by atoms with Gasteiger partial charge in [-0.1, -0.05) is 6.92 Å². The first-order valence-corrected chi connectivity index (χ1v) is 7.24. The first kappa shape index (κ1) is 14.3. The Balaban J connectivity index is 1.96. The lowest BCUT2D eigenvalue weighted by atomic mass is 10.1. The Morgan fingerprint density at radius 2 is 1.89 bits per heavy atom. The molecule has 0 aromatic carbocycles. The summed E-state index contributed by atoms with van der Waals surface area (Å²) in [5.74, 6) is 0. The first-order chi connectivity index (χ1) is 9.11. The molecular weight excluding hydrogens is 238 g/mol. The van der Waals surface area contributed by atoms with E-state index in [0.717, 1.165) is 37.6 Å². The number of rotatable bonds is 4. The molecule has 1 saturated heterocycles. The highest BCUT2D eigenvalue weighted by molar-refractivity contribution is 5.45. The van der Waals surface area contributed by atoms with Crippen molar-refractivity contribution in [2.24, 2.45) is 0 Å². The molecule has 2 heterocycles. The van der Waals surface area contributed by atoms with Crippen molar-refractivity contribution in [3.05, 3.63) is 24.0 Å². The van der Waals surface area contributed by atoms with Crippen LogP contribution >= 0.6 is 0 Å². The summed E-state index contributed by atoms with van der Waals surface area (Å²) < 4.78 is 0. The monoisotopic (exact) mass is 263 g/mol. The van der Waals surface area contributed by atoms with E-state index in [1.807, 2.05) is 19.2 Å². The number of aromatic nitrogens is 1. The van der Waals surface area contributed by atoms with Gasteiger partial charge >= 0.3 is 0 Å². The molecular formula is C15H25N3O. The zero-order valence-electron chi connectivity index (χ0n) is 12.2. The topological polar surface area (TPSA) is 39.6 Å². The quantitative estimate of drug-likeness (QED) is 0.902. The normalized spacial score (nSPS) is 18.9. The molecule has 4 nitrogen and oxygen atoms in total. The van der Waals surface area contributed by atoms with Gasteiger partial charge in [-0.2, -0.15) is 0 Å². The van der Waals surface area contributed by atoms with E-state index in [4.69, 9.17) is 0 Å². The highest BCUT2D eigenvalue weighted by Gasteiger charge is 2.19. The van der Waals surface area contributed by atoms with Crippen LogP contribution in [0.25, 0.3) is 0 Å². The van der Waals surface area contributed by atoms with E-state index in [1.54, 1.807) is 0 Å². The number of aliphatic hydroxyl groups excluding tert-OH is 1. The van der Waals surface area contributed by atoms with Crippen molar-refractivity contribution in [2.75, 3.05) is 31.1 Å². The van der Waals surface area contributed by atoms with E-state index in [0.29, 0.717) is 12.5 Å². The summed E-state index contributed by atoms with van der Waals surface area (Å²) in [6.45, 7) is 10.8. The Kier molecular flexibility index (Phi) is 4.77. The van der Waals surface area contributed by atoms with E-state index in [-0.39, 0.29) is 0 Å². The average molecular weight is 263 g/mol. The van der Waals surface area contributed by atoms with Crippen LogP contribution in [0.4, 0.5) is 5.69 Å². The van der Waals surface area contributed by atoms with E-state index >= 15 is 0 Å². The Morgan fingerprint density at radius 3 is 2.37 bits per heavy atom. The summed E-state index contributed by atoms with van der Waals surface area (Å²) in [4.78, 5) is 9.24. The minimum atomic E-state index is -0.438. The zero-order valence-corrected chi connectivity index (χ0v) is 12.2. The summed E-state index contributed by atoms with van der Waals surface area (Å²) in [5, 5.41) is 9.74. The van der Waals surface area contributed by atoms with Crippen LogP contribution in [-0.4, -0.2) is 47.2 Å². The Morgan fingerprint density at radius 1 is 1.21 bits per heavy atom. The van der Waals surface area contributed by atoms with Gasteiger partial charge in [0, 0.05) is 32.2 Å². The molecule has 1 aliphatic heterocycles. The maximum Gasteiger partial charge on any atom is 0.0957 e. The number of nitrogens with zero attached hydrogens (tertiary/aromatic N) is 3. The van der Waals surface area contributed by atoms with Crippen molar-refractivity contribution in [2.45, 2.75) is 39.3 Å². The lowest BCUT2D eigenvalue weighted by Gasteiger charge is -2.38. The molecule has 1 aromatic rings. The maximum atomic E-state index is 9.74. The zero-order chi connectivity index (χ0) is 13.8. The number of pyridine rings is 1. The fourth-order valence-electron chi connectivity index (χ4n) is 2.49. The third kappa shape index (κ3) is 3.45. The molecule has 0 saturated carbocycles. The Bertz CT molecular complexity index is 383. The summed E-state index contributed by atoms with van der Waals surface area (Å²) in [6, 6.07) is 4.65. The fraction of sp³-hybridized carbons (Fsp3) is 0.667. The average Bonchev–Trinajstić information content (AvgIpc) is 2.46. The van der Waals surface area contributed by atoms with Gasteiger partial charge in [-0.05, 0) is 32.4 Å². The number of hydrogen-bond acceptors (Lipinski definition) is 4. The van der Waals surface area contributed by atoms with Crippen LogP contribution in [0.3, 0.4) is 0 Å². The van der Waals surface area contributed by atoms with Crippen LogP contribution in [0.2, 0.25) is 0 Å².